The van der Waals surface area contributed by atoms with Crippen LogP contribution in [-0.2, 0) is 6.42 Å². The highest BCUT2D eigenvalue weighted by Gasteiger charge is 2.24. The smallest absolute Gasteiger partial charge is 0.251 e. The summed E-state index contributed by atoms with van der Waals surface area (Å²) < 4.78 is 0. The zero-order chi connectivity index (χ0) is 14.8. The summed E-state index contributed by atoms with van der Waals surface area (Å²) in [6, 6.07) is 10.3. The van der Waals surface area contributed by atoms with Crippen molar-refractivity contribution < 1.29 is 4.79 Å². The molecule has 3 nitrogen and oxygen atoms in total. The first-order chi connectivity index (χ1) is 10.1. The summed E-state index contributed by atoms with van der Waals surface area (Å²) in [5.41, 5.74) is 4.64. The number of hydrogen-bond acceptors (Lipinski definition) is 2. The summed E-state index contributed by atoms with van der Waals surface area (Å²) in [7, 11) is 0. The number of benzene rings is 1. The second-order valence-electron chi connectivity index (χ2n) is 5.91. The molecule has 0 fully saturated rings. The van der Waals surface area contributed by atoms with Crippen molar-refractivity contribution in [1.82, 2.24) is 10.3 Å². The minimum atomic E-state index is -0.0230. The lowest BCUT2D eigenvalue weighted by Gasteiger charge is -2.16. The van der Waals surface area contributed by atoms with Crippen LogP contribution in [0.4, 0.5) is 0 Å². The molecule has 1 aliphatic carbocycles. The van der Waals surface area contributed by atoms with Crippen LogP contribution in [-0.4, -0.2) is 10.9 Å². The minimum Gasteiger partial charge on any atom is -0.345 e. The summed E-state index contributed by atoms with van der Waals surface area (Å²) in [4.78, 5) is 16.2. The third-order valence-corrected chi connectivity index (χ3v) is 4.16. The topological polar surface area (TPSA) is 42.0 Å². The maximum atomic E-state index is 12.3. The molecule has 1 atom stereocenters. The second-order valence-corrected chi connectivity index (χ2v) is 5.91. The number of nitrogens with one attached hydrogen (secondary N) is 1. The molecule has 108 valence electrons. The number of carbonyl (C=O) groups excluding carboxylic acids is 1. The molecule has 3 heteroatoms. The van der Waals surface area contributed by atoms with Crippen molar-refractivity contribution in [3.05, 3.63) is 65.0 Å². The lowest BCUT2D eigenvalue weighted by Crippen LogP contribution is -2.27. The molecule has 0 aliphatic heterocycles. The molecular weight excluding hydrogens is 260 g/mol. The number of nitrogens with zero attached hydrogens (tertiary/aromatic N) is 1. The Morgan fingerprint density at radius 1 is 1.24 bits per heavy atom. The third-order valence-electron chi connectivity index (χ3n) is 4.16. The summed E-state index contributed by atoms with van der Waals surface area (Å²) in [6.45, 7) is 4.39. The standard InChI is InChI=1S/C18H20N2O/c1-12(2)15-4-3-13-5-6-17(16(13)11-15)20-18(21)14-7-9-19-10-8-14/h3-4,7-12,17H,5-6H2,1-2H3,(H,20,21). The van der Waals surface area contributed by atoms with Crippen molar-refractivity contribution in [1.29, 1.82) is 0 Å². The van der Waals surface area contributed by atoms with Gasteiger partial charge in [-0.3, -0.25) is 9.78 Å². The molecule has 0 spiro atoms. The van der Waals surface area contributed by atoms with E-state index in [4.69, 9.17) is 0 Å². The molecule has 1 amide bonds. The molecule has 3 rings (SSSR count). The van der Waals surface area contributed by atoms with E-state index in [9.17, 15) is 4.79 Å². The van der Waals surface area contributed by atoms with Gasteiger partial charge in [-0.05, 0) is 47.6 Å². The number of aryl methyl sites for hydroxylation is 1. The normalized spacial score (nSPS) is 16.8. The lowest BCUT2D eigenvalue weighted by molar-refractivity contribution is 0.0936. The van der Waals surface area contributed by atoms with Crippen molar-refractivity contribution in [2.45, 2.75) is 38.6 Å². The van der Waals surface area contributed by atoms with Crippen molar-refractivity contribution >= 4 is 5.91 Å². The molecule has 0 saturated heterocycles. The molecule has 1 aliphatic rings. The monoisotopic (exact) mass is 280 g/mol. The predicted molar refractivity (Wildman–Crippen MR) is 83.3 cm³/mol. The van der Waals surface area contributed by atoms with Crippen LogP contribution in [0.2, 0.25) is 0 Å². The van der Waals surface area contributed by atoms with Crippen LogP contribution >= 0.6 is 0 Å². The fourth-order valence-corrected chi connectivity index (χ4v) is 2.87. The number of amides is 1. The van der Waals surface area contributed by atoms with Crippen molar-refractivity contribution in [3.63, 3.8) is 0 Å². The number of fused-ring (bicyclic) bond motifs is 1. The Labute approximate surface area is 125 Å². The summed E-state index contributed by atoms with van der Waals surface area (Å²) in [5, 5.41) is 3.15. The van der Waals surface area contributed by atoms with Crippen LogP contribution in [0.25, 0.3) is 0 Å². The molecule has 1 heterocycles. The molecule has 1 unspecified atom stereocenters. The molecule has 1 N–H and O–H groups in total. The van der Waals surface area contributed by atoms with Gasteiger partial charge in [-0.1, -0.05) is 32.0 Å². The van der Waals surface area contributed by atoms with Gasteiger partial charge in [0.1, 0.15) is 0 Å². The van der Waals surface area contributed by atoms with E-state index in [1.165, 1.54) is 16.7 Å². The molecule has 0 saturated carbocycles. The van der Waals surface area contributed by atoms with Crippen LogP contribution in [0.5, 0.6) is 0 Å². The molecule has 2 aromatic rings. The van der Waals surface area contributed by atoms with Crippen LogP contribution < -0.4 is 5.32 Å². The molecular formula is C18H20N2O. The van der Waals surface area contributed by atoms with Gasteiger partial charge in [0.25, 0.3) is 5.91 Å². The fraction of sp³-hybridized carbons (Fsp3) is 0.333. The fourth-order valence-electron chi connectivity index (χ4n) is 2.87. The first kappa shape index (κ1) is 13.8. The summed E-state index contributed by atoms with van der Waals surface area (Å²) in [6.07, 6.45) is 5.31. The molecule has 1 aromatic heterocycles. The molecule has 1 aromatic carbocycles. The zero-order valence-electron chi connectivity index (χ0n) is 12.5. The van der Waals surface area contributed by atoms with E-state index in [1.54, 1.807) is 24.5 Å². The first-order valence-electron chi connectivity index (χ1n) is 7.49. The Kier molecular flexibility index (Phi) is 3.74. The number of hydrogen-bond donors (Lipinski definition) is 1. The maximum Gasteiger partial charge on any atom is 0.251 e. The van der Waals surface area contributed by atoms with Crippen LogP contribution in [0.1, 0.15) is 59.3 Å². The Balaban J connectivity index is 1.81. The van der Waals surface area contributed by atoms with Crippen molar-refractivity contribution in [2.75, 3.05) is 0 Å². The van der Waals surface area contributed by atoms with Crippen molar-refractivity contribution in [3.8, 4) is 0 Å². The largest absolute Gasteiger partial charge is 0.345 e. The molecule has 0 radical (unpaired) electrons. The van der Waals surface area contributed by atoms with E-state index >= 15 is 0 Å². The highest BCUT2D eigenvalue weighted by molar-refractivity contribution is 5.94. The van der Waals surface area contributed by atoms with Gasteiger partial charge < -0.3 is 5.32 Å². The predicted octanol–water partition coefficient (Wildman–Crippen LogP) is 3.62. The molecule has 21 heavy (non-hydrogen) atoms. The Bertz CT molecular complexity index is 650. The van der Waals surface area contributed by atoms with E-state index in [2.05, 4.69) is 42.3 Å². The zero-order valence-corrected chi connectivity index (χ0v) is 12.5. The van der Waals surface area contributed by atoms with E-state index in [1.807, 2.05) is 0 Å². The first-order valence-corrected chi connectivity index (χ1v) is 7.49. The van der Waals surface area contributed by atoms with Crippen LogP contribution in [0, 0.1) is 0 Å². The third kappa shape index (κ3) is 2.82. The van der Waals surface area contributed by atoms with E-state index in [-0.39, 0.29) is 11.9 Å². The number of carbonyl (C=O) groups is 1. The summed E-state index contributed by atoms with van der Waals surface area (Å²) >= 11 is 0. The minimum absolute atomic E-state index is 0.0230. The number of rotatable bonds is 3. The van der Waals surface area contributed by atoms with Gasteiger partial charge in [0.2, 0.25) is 0 Å². The van der Waals surface area contributed by atoms with Gasteiger partial charge in [0.05, 0.1) is 6.04 Å². The highest BCUT2D eigenvalue weighted by atomic mass is 16.1. The van der Waals surface area contributed by atoms with Gasteiger partial charge >= 0.3 is 0 Å². The van der Waals surface area contributed by atoms with Gasteiger partial charge in [0.15, 0.2) is 0 Å². The van der Waals surface area contributed by atoms with Gasteiger partial charge in [0, 0.05) is 18.0 Å². The quantitative estimate of drug-likeness (QED) is 0.933. The number of aromatic nitrogens is 1. The highest BCUT2D eigenvalue weighted by Crippen LogP contribution is 2.33. The van der Waals surface area contributed by atoms with E-state index in [0.717, 1.165) is 12.8 Å². The second kappa shape index (κ2) is 5.68. The van der Waals surface area contributed by atoms with E-state index in [0.29, 0.717) is 11.5 Å². The number of pyridine rings is 1. The summed E-state index contributed by atoms with van der Waals surface area (Å²) in [5.74, 6) is 0.484. The van der Waals surface area contributed by atoms with Crippen LogP contribution in [0.3, 0.4) is 0 Å². The Morgan fingerprint density at radius 3 is 2.71 bits per heavy atom. The lowest BCUT2D eigenvalue weighted by atomic mass is 9.97. The van der Waals surface area contributed by atoms with Gasteiger partial charge in [-0.15, -0.1) is 0 Å². The average Bonchev–Trinajstić information content (AvgIpc) is 2.90. The maximum absolute atomic E-state index is 12.3. The Hall–Kier alpha value is -2.16. The van der Waals surface area contributed by atoms with Gasteiger partial charge in [-0.2, -0.15) is 0 Å². The van der Waals surface area contributed by atoms with E-state index < -0.39 is 0 Å². The Morgan fingerprint density at radius 2 is 2.00 bits per heavy atom. The van der Waals surface area contributed by atoms with Crippen LogP contribution in [0.15, 0.2) is 42.7 Å². The molecule has 0 bridgehead atoms. The average molecular weight is 280 g/mol. The van der Waals surface area contributed by atoms with Crippen molar-refractivity contribution in [2.24, 2.45) is 0 Å². The SMILES string of the molecule is CC(C)c1ccc2c(c1)C(NC(=O)c1ccncc1)CC2. The van der Waals surface area contributed by atoms with Gasteiger partial charge in [-0.25, -0.2) is 0 Å².